The number of hydrogen-bond donors (Lipinski definition) is 1. The lowest BCUT2D eigenvalue weighted by molar-refractivity contribution is -0.136. The zero-order valence-corrected chi connectivity index (χ0v) is 18.3. The van der Waals surface area contributed by atoms with E-state index in [0.717, 1.165) is 20.8 Å². The molecule has 0 aliphatic carbocycles. The van der Waals surface area contributed by atoms with Crippen LogP contribution in [0, 0.1) is 0 Å². The van der Waals surface area contributed by atoms with Gasteiger partial charge in [-0.1, -0.05) is 41.4 Å². The number of nitrogens with one attached hydrogen (secondary N) is 1. The van der Waals surface area contributed by atoms with Crippen molar-refractivity contribution in [1.82, 2.24) is 9.29 Å². The van der Waals surface area contributed by atoms with Gasteiger partial charge >= 0.3 is 5.97 Å². The Hall–Kier alpha value is -2.48. The molecule has 156 valence electrons. The van der Waals surface area contributed by atoms with Gasteiger partial charge in [0.15, 0.2) is 0 Å². The standard InChI is InChI=1S/C21H18Cl2N2O4S/c1-2-29-21(26)16-12-25(30(27,28)19-11-13(22)7-8-17(19)23)10-9-15-14-5-3-4-6-18(14)24-20(15)16/h3-8,11-12,24H,2,9-10H2,1H3. The highest BCUT2D eigenvalue weighted by Gasteiger charge is 2.31. The molecule has 1 aromatic heterocycles. The van der Waals surface area contributed by atoms with Crippen LogP contribution in [0.25, 0.3) is 16.5 Å². The van der Waals surface area contributed by atoms with E-state index >= 15 is 0 Å². The van der Waals surface area contributed by atoms with Crippen LogP contribution < -0.4 is 0 Å². The lowest BCUT2D eigenvalue weighted by Crippen LogP contribution is -2.28. The fourth-order valence-corrected chi connectivity index (χ4v) is 5.60. The number of rotatable bonds is 4. The molecule has 0 atom stereocenters. The third-order valence-electron chi connectivity index (χ3n) is 4.91. The number of nitrogens with zero attached hydrogens (tertiary/aromatic N) is 1. The second-order valence-electron chi connectivity index (χ2n) is 6.73. The normalized spacial score (nSPS) is 14.2. The van der Waals surface area contributed by atoms with E-state index in [1.54, 1.807) is 6.92 Å². The topological polar surface area (TPSA) is 79.5 Å². The van der Waals surface area contributed by atoms with Crippen molar-refractivity contribution in [3.8, 4) is 0 Å². The van der Waals surface area contributed by atoms with E-state index in [1.165, 1.54) is 24.4 Å². The number of hydrogen-bond acceptors (Lipinski definition) is 4. The summed E-state index contributed by atoms with van der Waals surface area (Å²) in [7, 11) is -4.05. The quantitative estimate of drug-likeness (QED) is 0.570. The molecule has 9 heteroatoms. The number of para-hydroxylation sites is 1. The Morgan fingerprint density at radius 3 is 2.73 bits per heavy atom. The number of aromatic amines is 1. The highest BCUT2D eigenvalue weighted by atomic mass is 35.5. The zero-order valence-electron chi connectivity index (χ0n) is 16.0. The van der Waals surface area contributed by atoms with Gasteiger partial charge in [-0.05, 0) is 43.2 Å². The van der Waals surface area contributed by atoms with E-state index < -0.39 is 16.0 Å². The molecule has 6 nitrogen and oxygen atoms in total. The summed E-state index contributed by atoms with van der Waals surface area (Å²) in [5.74, 6) is -0.607. The first-order valence-electron chi connectivity index (χ1n) is 9.28. The van der Waals surface area contributed by atoms with E-state index in [-0.39, 0.29) is 33.7 Å². The molecule has 2 heterocycles. The van der Waals surface area contributed by atoms with Gasteiger partial charge in [0.2, 0.25) is 0 Å². The molecule has 30 heavy (non-hydrogen) atoms. The fraction of sp³-hybridized carbons (Fsp3) is 0.190. The predicted octanol–water partition coefficient (Wildman–Crippen LogP) is 4.63. The monoisotopic (exact) mass is 464 g/mol. The van der Waals surface area contributed by atoms with Gasteiger partial charge < -0.3 is 9.72 Å². The summed E-state index contributed by atoms with van der Waals surface area (Å²) < 4.78 is 33.0. The third kappa shape index (κ3) is 3.57. The average Bonchev–Trinajstić information content (AvgIpc) is 2.96. The molecule has 0 fully saturated rings. The summed E-state index contributed by atoms with van der Waals surface area (Å²) in [5.41, 5.74) is 2.43. The summed E-state index contributed by atoms with van der Waals surface area (Å²) in [6, 6.07) is 11.9. The summed E-state index contributed by atoms with van der Waals surface area (Å²) in [4.78, 5) is 15.9. The molecule has 0 bridgehead atoms. The van der Waals surface area contributed by atoms with Crippen LogP contribution in [0.4, 0.5) is 0 Å². The van der Waals surface area contributed by atoms with E-state index in [1.807, 2.05) is 24.3 Å². The maximum Gasteiger partial charge on any atom is 0.341 e. The second-order valence-corrected chi connectivity index (χ2v) is 9.43. The lowest BCUT2D eigenvalue weighted by atomic mass is 10.0. The maximum absolute atomic E-state index is 13.4. The molecule has 4 rings (SSSR count). The van der Waals surface area contributed by atoms with Gasteiger partial charge in [0.1, 0.15) is 10.5 Å². The van der Waals surface area contributed by atoms with Crippen molar-refractivity contribution in [2.45, 2.75) is 18.2 Å². The van der Waals surface area contributed by atoms with Crippen LogP contribution in [-0.4, -0.2) is 36.8 Å². The minimum absolute atomic E-state index is 0.0544. The molecule has 0 amide bonds. The van der Waals surface area contributed by atoms with Crippen LogP contribution in [0.5, 0.6) is 0 Å². The van der Waals surface area contributed by atoms with Gasteiger partial charge in [0, 0.05) is 28.7 Å². The van der Waals surface area contributed by atoms with E-state index in [4.69, 9.17) is 27.9 Å². The fourth-order valence-electron chi connectivity index (χ4n) is 3.54. The summed E-state index contributed by atoms with van der Waals surface area (Å²) in [6.07, 6.45) is 1.71. The third-order valence-corrected chi connectivity index (χ3v) is 7.39. The number of carbonyl (C=O) groups excluding carboxylic acids is 1. The molecule has 0 saturated carbocycles. The molecule has 0 unspecified atom stereocenters. The Morgan fingerprint density at radius 2 is 1.97 bits per heavy atom. The van der Waals surface area contributed by atoms with Gasteiger partial charge in [-0.2, -0.15) is 0 Å². The van der Waals surface area contributed by atoms with Crippen LogP contribution in [0.15, 0.2) is 53.6 Å². The molecule has 0 saturated heterocycles. The van der Waals surface area contributed by atoms with Crippen molar-refractivity contribution in [3.05, 3.63) is 70.0 Å². The Labute approximate surface area is 184 Å². The number of carbonyl (C=O) groups is 1. The molecular weight excluding hydrogens is 447 g/mol. The number of sulfonamides is 1. The molecular formula is C21H18Cl2N2O4S. The molecule has 0 spiro atoms. The number of ether oxygens (including phenoxy) is 1. The number of fused-ring (bicyclic) bond motifs is 3. The van der Waals surface area contributed by atoms with E-state index in [9.17, 15) is 13.2 Å². The smallest absolute Gasteiger partial charge is 0.341 e. The van der Waals surface area contributed by atoms with Crippen molar-refractivity contribution < 1.29 is 17.9 Å². The van der Waals surface area contributed by atoms with Gasteiger partial charge in [-0.25, -0.2) is 13.2 Å². The van der Waals surface area contributed by atoms with Gasteiger partial charge in [0.05, 0.1) is 17.3 Å². The Kier molecular flexibility index (Phi) is 5.53. The first-order valence-corrected chi connectivity index (χ1v) is 11.5. The Bertz CT molecular complexity index is 1280. The molecule has 1 N–H and O–H groups in total. The largest absolute Gasteiger partial charge is 0.462 e. The Balaban J connectivity index is 1.88. The van der Waals surface area contributed by atoms with Gasteiger partial charge in [-0.15, -0.1) is 0 Å². The minimum atomic E-state index is -4.05. The zero-order chi connectivity index (χ0) is 21.5. The van der Waals surface area contributed by atoms with Crippen molar-refractivity contribution in [1.29, 1.82) is 0 Å². The first kappa shape index (κ1) is 20.8. The molecule has 0 radical (unpaired) electrons. The second kappa shape index (κ2) is 7.98. The maximum atomic E-state index is 13.4. The molecule has 1 aliphatic rings. The number of esters is 1. The van der Waals surface area contributed by atoms with Crippen LogP contribution in [0.2, 0.25) is 10.0 Å². The van der Waals surface area contributed by atoms with Crippen LogP contribution >= 0.6 is 23.2 Å². The average molecular weight is 465 g/mol. The minimum Gasteiger partial charge on any atom is -0.462 e. The lowest BCUT2D eigenvalue weighted by Gasteiger charge is -2.20. The highest BCUT2D eigenvalue weighted by Crippen LogP contribution is 2.34. The van der Waals surface area contributed by atoms with Crippen LogP contribution in [0.3, 0.4) is 0 Å². The van der Waals surface area contributed by atoms with Gasteiger partial charge in [-0.3, -0.25) is 4.31 Å². The summed E-state index contributed by atoms with van der Waals surface area (Å²) in [6.45, 7) is 1.99. The first-order chi connectivity index (χ1) is 14.3. The molecule has 1 aliphatic heterocycles. The molecule has 3 aromatic rings. The van der Waals surface area contributed by atoms with Crippen molar-refractivity contribution in [3.63, 3.8) is 0 Å². The SMILES string of the molecule is CCOC(=O)C1=CN(S(=O)(=O)c2cc(Cl)ccc2Cl)CCc2c1[nH]c1ccccc21. The summed E-state index contributed by atoms with van der Waals surface area (Å²) >= 11 is 12.2. The Morgan fingerprint density at radius 1 is 1.20 bits per heavy atom. The number of benzene rings is 2. The number of H-pyrrole nitrogens is 1. The number of halogens is 2. The van der Waals surface area contributed by atoms with Gasteiger partial charge in [0.25, 0.3) is 10.0 Å². The molecule has 2 aromatic carbocycles. The highest BCUT2D eigenvalue weighted by molar-refractivity contribution is 7.89. The van der Waals surface area contributed by atoms with Crippen molar-refractivity contribution in [2.75, 3.05) is 13.2 Å². The number of aromatic nitrogens is 1. The summed E-state index contributed by atoms with van der Waals surface area (Å²) in [5, 5.41) is 1.24. The van der Waals surface area contributed by atoms with Crippen LogP contribution in [-0.2, 0) is 26.0 Å². The van der Waals surface area contributed by atoms with Crippen LogP contribution in [0.1, 0.15) is 18.2 Å². The predicted molar refractivity (Wildman–Crippen MR) is 117 cm³/mol. The van der Waals surface area contributed by atoms with Crippen molar-refractivity contribution in [2.24, 2.45) is 0 Å². The van der Waals surface area contributed by atoms with E-state index in [2.05, 4.69) is 4.98 Å². The van der Waals surface area contributed by atoms with Crippen molar-refractivity contribution >= 4 is 55.7 Å². The van der Waals surface area contributed by atoms with E-state index in [0.29, 0.717) is 12.1 Å².